The first kappa shape index (κ1) is 16.2. The quantitative estimate of drug-likeness (QED) is 0.225. The smallest absolute Gasteiger partial charge is 0.305 e. The molecule has 4 N–H and O–H groups in total. The van der Waals surface area contributed by atoms with Gasteiger partial charge in [0, 0.05) is 12.8 Å². The molecule has 2 heterocycles. The second kappa shape index (κ2) is 5.24. The molecule has 2 fully saturated rings. The molecule has 0 aromatic rings. The Morgan fingerprint density at radius 1 is 1.10 bits per heavy atom. The molecule has 2 aliphatic heterocycles. The summed E-state index contributed by atoms with van der Waals surface area (Å²) >= 11 is 0. The fourth-order valence-corrected chi connectivity index (χ4v) is 1.94. The second-order valence-corrected chi connectivity index (χ2v) is 5.54. The highest BCUT2D eigenvalue weighted by atomic mass is 32.2. The molecule has 20 heavy (non-hydrogen) atoms. The number of rotatable bonds is 1. The number of aliphatic hydroxyl groups is 1. The monoisotopic (exact) mass is 310 g/mol. The van der Waals surface area contributed by atoms with E-state index in [2.05, 4.69) is 0 Å². The second-order valence-electron chi connectivity index (χ2n) is 3.91. The van der Waals surface area contributed by atoms with Crippen LogP contribution < -0.4 is 5.32 Å². The minimum Gasteiger partial charge on any atom is -0.365 e. The summed E-state index contributed by atoms with van der Waals surface area (Å²) in [5.74, 6) is -3.37. The van der Waals surface area contributed by atoms with Crippen LogP contribution in [0.2, 0.25) is 0 Å². The molecule has 0 aromatic heterocycles. The van der Waals surface area contributed by atoms with E-state index in [1.54, 1.807) is 5.32 Å². The van der Waals surface area contributed by atoms with E-state index in [1.165, 1.54) is 0 Å². The maximum Gasteiger partial charge on any atom is 0.305 e. The summed E-state index contributed by atoms with van der Waals surface area (Å²) in [5, 5.41) is 19.1. The van der Waals surface area contributed by atoms with E-state index < -0.39 is 45.1 Å². The third-order valence-corrected chi connectivity index (χ3v) is 3.64. The molecule has 2 saturated heterocycles. The van der Waals surface area contributed by atoms with E-state index in [-0.39, 0.29) is 17.9 Å². The van der Waals surface area contributed by atoms with Gasteiger partial charge in [0.15, 0.2) is 0 Å². The molecule has 1 atom stereocenters. The van der Waals surface area contributed by atoms with Crippen molar-refractivity contribution in [3.8, 4) is 0 Å². The number of hydroxylamine groups is 2. The SMILES string of the molecule is O=C1CC(O)(S(=O)(=O)O)C(=O)N1.O=C1CCC(=O)N1O. The van der Waals surface area contributed by atoms with Gasteiger partial charge in [0.05, 0.1) is 6.42 Å². The molecule has 0 aromatic carbocycles. The van der Waals surface area contributed by atoms with Gasteiger partial charge >= 0.3 is 10.1 Å². The van der Waals surface area contributed by atoms with Crippen molar-refractivity contribution in [3.63, 3.8) is 0 Å². The van der Waals surface area contributed by atoms with Crippen molar-refractivity contribution < 1.29 is 42.5 Å². The lowest BCUT2D eigenvalue weighted by Gasteiger charge is -2.12. The van der Waals surface area contributed by atoms with Crippen LogP contribution in [-0.4, -0.2) is 56.9 Å². The zero-order chi connectivity index (χ0) is 15.7. The summed E-state index contributed by atoms with van der Waals surface area (Å²) in [6, 6.07) is 0. The number of hydrogen-bond acceptors (Lipinski definition) is 8. The maximum absolute atomic E-state index is 10.6. The summed E-state index contributed by atoms with van der Waals surface area (Å²) in [7, 11) is -4.96. The fraction of sp³-hybridized carbons (Fsp3) is 0.500. The van der Waals surface area contributed by atoms with Crippen molar-refractivity contribution in [1.29, 1.82) is 0 Å². The highest BCUT2D eigenvalue weighted by molar-refractivity contribution is 7.88. The van der Waals surface area contributed by atoms with Crippen molar-refractivity contribution in [2.24, 2.45) is 0 Å². The summed E-state index contributed by atoms with van der Waals surface area (Å²) in [6.45, 7) is 0. The first-order valence-corrected chi connectivity index (χ1v) is 6.51. The molecule has 2 rings (SSSR count). The molecule has 0 saturated carbocycles. The number of imide groups is 2. The molecule has 2 aliphatic rings. The van der Waals surface area contributed by atoms with Crippen molar-refractivity contribution in [2.75, 3.05) is 0 Å². The van der Waals surface area contributed by atoms with E-state index in [9.17, 15) is 27.6 Å². The number of carbonyl (C=O) groups excluding carboxylic acids is 4. The van der Waals surface area contributed by atoms with Gasteiger partial charge in [-0.25, -0.2) is 0 Å². The van der Waals surface area contributed by atoms with Crippen molar-refractivity contribution in [1.82, 2.24) is 10.4 Å². The Hall–Kier alpha value is -1.89. The average Bonchev–Trinajstić information content (AvgIpc) is 2.74. The fourth-order valence-electron chi connectivity index (χ4n) is 1.34. The van der Waals surface area contributed by atoms with Crippen molar-refractivity contribution >= 4 is 33.7 Å². The minimum absolute atomic E-state index is 0.148. The van der Waals surface area contributed by atoms with Crippen LogP contribution in [0.25, 0.3) is 0 Å². The lowest BCUT2D eigenvalue weighted by molar-refractivity contribution is -0.171. The number of hydrogen-bond donors (Lipinski definition) is 4. The Balaban J connectivity index is 0.000000217. The van der Waals surface area contributed by atoms with Crippen LogP contribution in [0.5, 0.6) is 0 Å². The first-order valence-electron chi connectivity index (χ1n) is 5.07. The van der Waals surface area contributed by atoms with Crippen molar-refractivity contribution in [2.45, 2.75) is 24.2 Å². The number of nitrogens with one attached hydrogen (secondary N) is 1. The van der Waals surface area contributed by atoms with Crippen LogP contribution >= 0.6 is 0 Å². The molecule has 0 aliphatic carbocycles. The van der Waals surface area contributed by atoms with Gasteiger partial charge in [-0.15, -0.1) is 0 Å². The Kier molecular flexibility index (Phi) is 4.24. The minimum atomic E-state index is -4.96. The number of amides is 4. The van der Waals surface area contributed by atoms with Gasteiger partial charge in [0.1, 0.15) is 0 Å². The van der Waals surface area contributed by atoms with Crippen LogP contribution in [0.3, 0.4) is 0 Å². The Bertz CT molecular complexity index is 567. The topological polar surface area (TPSA) is 178 Å². The van der Waals surface area contributed by atoms with Gasteiger partial charge < -0.3 is 5.11 Å². The van der Waals surface area contributed by atoms with E-state index in [0.717, 1.165) is 0 Å². The van der Waals surface area contributed by atoms with Gasteiger partial charge in [-0.05, 0) is 0 Å². The normalized spacial score (nSPS) is 26.4. The van der Waals surface area contributed by atoms with Crippen LogP contribution in [0.1, 0.15) is 19.3 Å². The third kappa shape index (κ3) is 2.98. The molecular formula is C8H10N2O9S. The van der Waals surface area contributed by atoms with Crippen LogP contribution in [0, 0.1) is 0 Å². The van der Waals surface area contributed by atoms with Gasteiger partial charge in [0.25, 0.3) is 22.7 Å². The van der Waals surface area contributed by atoms with E-state index in [4.69, 9.17) is 14.9 Å². The van der Waals surface area contributed by atoms with E-state index in [1.807, 2.05) is 0 Å². The van der Waals surface area contributed by atoms with Crippen LogP contribution in [0.15, 0.2) is 0 Å². The Morgan fingerprint density at radius 2 is 1.55 bits per heavy atom. The lowest BCUT2D eigenvalue weighted by atomic mass is 10.3. The van der Waals surface area contributed by atoms with Gasteiger partial charge in [-0.1, -0.05) is 0 Å². The van der Waals surface area contributed by atoms with Gasteiger partial charge in [-0.2, -0.15) is 13.5 Å². The summed E-state index contributed by atoms with van der Waals surface area (Å²) in [5.41, 5.74) is 0. The molecule has 0 spiro atoms. The van der Waals surface area contributed by atoms with E-state index >= 15 is 0 Å². The zero-order valence-electron chi connectivity index (χ0n) is 9.77. The molecule has 11 nitrogen and oxygen atoms in total. The standard InChI is InChI=1S/C4H5NO6S.C4H5NO3/c6-2-1-4(8,3(7)5-2)12(9,10)11;6-3-1-2-4(7)5(3)8/h8H,1H2,(H,5,6,7)(H,9,10,11);8H,1-2H2. The largest absolute Gasteiger partial charge is 0.365 e. The average molecular weight is 310 g/mol. The summed E-state index contributed by atoms with van der Waals surface area (Å²) in [4.78, 5) is 38.5. The summed E-state index contributed by atoms with van der Waals surface area (Å²) in [6.07, 6.45) is -0.671. The van der Waals surface area contributed by atoms with Gasteiger partial charge in [-0.3, -0.25) is 34.3 Å². The molecule has 0 radical (unpaired) electrons. The number of nitrogens with zero attached hydrogens (tertiary/aromatic N) is 1. The Morgan fingerprint density at radius 3 is 1.70 bits per heavy atom. The Labute approximate surface area is 111 Å². The summed E-state index contributed by atoms with van der Waals surface area (Å²) < 4.78 is 29.2. The van der Waals surface area contributed by atoms with Crippen molar-refractivity contribution in [3.05, 3.63) is 0 Å². The first-order chi connectivity index (χ1) is 8.99. The zero-order valence-corrected chi connectivity index (χ0v) is 10.6. The molecule has 4 amide bonds. The van der Waals surface area contributed by atoms with Crippen LogP contribution in [0.4, 0.5) is 0 Å². The molecule has 0 bridgehead atoms. The van der Waals surface area contributed by atoms with E-state index in [0.29, 0.717) is 0 Å². The lowest BCUT2D eigenvalue weighted by Crippen LogP contribution is -2.45. The molecule has 1 unspecified atom stereocenters. The highest BCUT2D eigenvalue weighted by Crippen LogP contribution is 2.22. The number of carbonyl (C=O) groups is 4. The predicted octanol–water partition coefficient (Wildman–Crippen LogP) is -2.87. The maximum atomic E-state index is 10.6. The highest BCUT2D eigenvalue weighted by Gasteiger charge is 2.55. The van der Waals surface area contributed by atoms with Gasteiger partial charge in [0.2, 0.25) is 5.91 Å². The third-order valence-electron chi connectivity index (χ3n) is 2.46. The molecule has 12 heteroatoms. The predicted molar refractivity (Wildman–Crippen MR) is 57.1 cm³/mol. The van der Waals surface area contributed by atoms with Crippen LogP contribution in [-0.2, 0) is 29.3 Å². The molecular weight excluding hydrogens is 300 g/mol. The molecule has 112 valence electrons.